The van der Waals surface area contributed by atoms with Gasteiger partial charge in [-0.05, 0) is 44.5 Å². The van der Waals surface area contributed by atoms with E-state index >= 15 is 0 Å². The van der Waals surface area contributed by atoms with E-state index in [-0.39, 0.29) is 5.91 Å². The molecule has 140 valence electrons. The van der Waals surface area contributed by atoms with Gasteiger partial charge in [0.05, 0.1) is 34.7 Å². The predicted molar refractivity (Wildman–Crippen MR) is 108 cm³/mol. The van der Waals surface area contributed by atoms with Crippen LogP contribution in [0.15, 0.2) is 42.5 Å². The maximum atomic E-state index is 12.4. The molecule has 0 saturated carbocycles. The summed E-state index contributed by atoms with van der Waals surface area (Å²) in [5.41, 5.74) is 3.95. The monoisotopic (exact) mass is 381 g/mol. The first kappa shape index (κ1) is 19.2. The summed E-state index contributed by atoms with van der Waals surface area (Å²) in [6.45, 7) is 6.23. The summed E-state index contributed by atoms with van der Waals surface area (Å²) in [6, 6.07) is 12.9. The Morgan fingerprint density at radius 1 is 1.19 bits per heavy atom. The molecule has 1 amide bonds. The van der Waals surface area contributed by atoms with Gasteiger partial charge in [0.2, 0.25) is 0 Å². The lowest BCUT2D eigenvalue weighted by atomic mass is 10.1. The van der Waals surface area contributed by atoms with Gasteiger partial charge in [0, 0.05) is 16.0 Å². The molecule has 0 unspecified atom stereocenters. The van der Waals surface area contributed by atoms with Gasteiger partial charge >= 0.3 is 0 Å². The third-order valence-electron chi connectivity index (χ3n) is 4.27. The fourth-order valence-electron chi connectivity index (χ4n) is 2.83. The number of aromatic nitrogens is 2. The Kier molecular flexibility index (Phi) is 5.98. The molecule has 0 aliphatic rings. The van der Waals surface area contributed by atoms with Gasteiger partial charge in [-0.2, -0.15) is 0 Å². The van der Waals surface area contributed by atoms with E-state index in [2.05, 4.69) is 22.2 Å². The zero-order chi connectivity index (χ0) is 19.4. The molecule has 2 N–H and O–H groups in total. The number of hydrogen-bond acceptors (Lipinski definition) is 5. The van der Waals surface area contributed by atoms with Crippen LogP contribution in [0.4, 0.5) is 0 Å². The minimum atomic E-state index is -0.613. The fraction of sp³-hybridized carbons (Fsp3) is 0.286. The van der Waals surface area contributed by atoms with Crippen LogP contribution in [-0.2, 0) is 13.0 Å². The number of carbonyl (C=O) groups excluding carboxylic acids is 1. The van der Waals surface area contributed by atoms with Crippen molar-refractivity contribution in [3.63, 3.8) is 0 Å². The first-order chi connectivity index (χ1) is 13.0. The molecule has 0 fully saturated rings. The van der Waals surface area contributed by atoms with Crippen molar-refractivity contribution in [2.75, 3.05) is 0 Å². The summed E-state index contributed by atoms with van der Waals surface area (Å²) in [5.74, 6) is -0.111. The van der Waals surface area contributed by atoms with Crippen molar-refractivity contribution in [3.8, 4) is 11.3 Å². The van der Waals surface area contributed by atoms with E-state index in [1.54, 1.807) is 36.5 Å². The third kappa shape index (κ3) is 4.59. The standard InChI is InChI=1S/C21H23N3O2S/c1-4-17-20(27-14(3)23-17)12-22-21(26)16-10-8-15(9-11-16)19-7-5-6-18(24-19)13(2)25/h5-11,13,25H,4,12H2,1-3H3,(H,22,26)/t13-/m0/s1. The zero-order valence-electron chi connectivity index (χ0n) is 15.7. The van der Waals surface area contributed by atoms with Gasteiger partial charge in [0.25, 0.3) is 5.91 Å². The molecule has 2 aromatic heterocycles. The van der Waals surface area contributed by atoms with E-state index in [9.17, 15) is 9.90 Å². The highest BCUT2D eigenvalue weighted by atomic mass is 32.1. The lowest BCUT2D eigenvalue weighted by Gasteiger charge is -2.08. The Bertz CT molecular complexity index is 933. The number of benzene rings is 1. The van der Waals surface area contributed by atoms with E-state index in [1.807, 2.05) is 31.2 Å². The second kappa shape index (κ2) is 8.41. The second-order valence-corrected chi connectivity index (χ2v) is 7.63. The van der Waals surface area contributed by atoms with Gasteiger partial charge in [-0.15, -0.1) is 11.3 Å². The molecular formula is C21H23N3O2S. The number of thiazole rings is 1. The zero-order valence-corrected chi connectivity index (χ0v) is 16.5. The van der Waals surface area contributed by atoms with Crippen LogP contribution < -0.4 is 5.32 Å². The number of aliphatic hydroxyl groups is 1. The summed E-state index contributed by atoms with van der Waals surface area (Å²) >= 11 is 1.62. The number of nitrogens with one attached hydrogen (secondary N) is 1. The average Bonchev–Trinajstić information content (AvgIpc) is 3.06. The van der Waals surface area contributed by atoms with Gasteiger partial charge in [0.1, 0.15) is 0 Å². The van der Waals surface area contributed by atoms with Gasteiger partial charge in [-0.25, -0.2) is 4.98 Å². The Morgan fingerprint density at radius 3 is 2.59 bits per heavy atom. The quantitative estimate of drug-likeness (QED) is 0.675. The lowest BCUT2D eigenvalue weighted by molar-refractivity contribution is 0.0951. The number of carbonyl (C=O) groups is 1. The molecule has 0 aliphatic carbocycles. The van der Waals surface area contributed by atoms with E-state index < -0.39 is 6.10 Å². The SMILES string of the molecule is CCc1nc(C)sc1CNC(=O)c1ccc(-c2cccc([C@H](C)O)n2)cc1. The summed E-state index contributed by atoms with van der Waals surface area (Å²) in [5, 5.41) is 13.7. The van der Waals surface area contributed by atoms with Crippen LogP contribution in [0.25, 0.3) is 11.3 Å². The molecule has 1 atom stereocenters. The van der Waals surface area contributed by atoms with Crippen molar-refractivity contribution in [2.45, 2.75) is 39.8 Å². The van der Waals surface area contributed by atoms with Gasteiger partial charge < -0.3 is 10.4 Å². The predicted octanol–water partition coefficient (Wildman–Crippen LogP) is 4.06. The first-order valence-corrected chi connectivity index (χ1v) is 9.78. The summed E-state index contributed by atoms with van der Waals surface area (Å²) in [6.07, 6.45) is 0.251. The Morgan fingerprint density at radius 2 is 1.93 bits per heavy atom. The van der Waals surface area contributed by atoms with Crippen molar-refractivity contribution >= 4 is 17.2 Å². The maximum Gasteiger partial charge on any atom is 0.251 e. The molecule has 5 nitrogen and oxygen atoms in total. The number of aliphatic hydroxyl groups excluding tert-OH is 1. The Balaban J connectivity index is 1.69. The highest BCUT2D eigenvalue weighted by Crippen LogP contribution is 2.21. The number of hydrogen-bond donors (Lipinski definition) is 2. The van der Waals surface area contributed by atoms with Crippen LogP contribution >= 0.6 is 11.3 Å². The van der Waals surface area contributed by atoms with E-state index in [4.69, 9.17) is 0 Å². The van der Waals surface area contributed by atoms with Gasteiger partial charge in [-0.3, -0.25) is 9.78 Å². The molecule has 3 rings (SSSR count). The highest BCUT2D eigenvalue weighted by Gasteiger charge is 2.11. The molecule has 0 radical (unpaired) electrons. The Hall–Kier alpha value is -2.57. The molecule has 0 aliphatic heterocycles. The molecule has 1 aromatic carbocycles. The molecular weight excluding hydrogens is 358 g/mol. The largest absolute Gasteiger partial charge is 0.387 e. The van der Waals surface area contributed by atoms with Crippen LogP contribution in [0.3, 0.4) is 0 Å². The van der Waals surface area contributed by atoms with E-state index in [0.717, 1.165) is 33.3 Å². The number of amides is 1. The van der Waals surface area contributed by atoms with Crippen LogP contribution in [0.5, 0.6) is 0 Å². The van der Waals surface area contributed by atoms with E-state index in [0.29, 0.717) is 17.8 Å². The second-order valence-electron chi connectivity index (χ2n) is 6.34. The lowest BCUT2D eigenvalue weighted by Crippen LogP contribution is -2.22. The number of nitrogens with zero attached hydrogens (tertiary/aromatic N) is 2. The average molecular weight is 382 g/mol. The van der Waals surface area contributed by atoms with Crippen LogP contribution in [-0.4, -0.2) is 21.0 Å². The van der Waals surface area contributed by atoms with Crippen LogP contribution in [0, 0.1) is 6.92 Å². The normalized spacial score (nSPS) is 12.0. The number of aryl methyl sites for hydroxylation is 2. The topological polar surface area (TPSA) is 75.1 Å². The minimum Gasteiger partial charge on any atom is -0.387 e. The summed E-state index contributed by atoms with van der Waals surface area (Å²) < 4.78 is 0. The smallest absolute Gasteiger partial charge is 0.251 e. The van der Waals surface area contributed by atoms with Crippen molar-refractivity contribution in [3.05, 3.63) is 69.3 Å². The van der Waals surface area contributed by atoms with Crippen LogP contribution in [0.1, 0.15) is 51.6 Å². The summed E-state index contributed by atoms with van der Waals surface area (Å²) in [4.78, 5) is 22.5. The van der Waals surface area contributed by atoms with Crippen molar-refractivity contribution < 1.29 is 9.90 Å². The van der Waals surface area contributed by atoms with Crippen molar-refractivity contribution in [2.24, 2.45) is 0 Å². The minimum absolute atomic E-state index is 0.111. The maximum absolute atomic E-state index is 12.4. The van der Waals surface area contributed by atoms with Gasteiger partial charge in [0.15, 0.2) is 0 Å². The van der Waals surface area contributed by atoms with Crippen molar-refractivity contribution in [1.29, 1.82) is 0 Å². The molecule has 0 saturated heterocycles. The van der Waals surface area contributed by atoms with Crippen LogP contribution in [0.2, 0.25) is 0 Å². The highest BCUT2D eigenvalue weighted by molar-refractivity contribution is 7.11. The van der Waals surface area contributed by atoms with Crippen molar-refractivity contribution in [1.82, 2.24) is 15.3 Å². The Labute approximate surface area is 163 Å². The molecule has 0 bridgehead atoms. The number of pyridine rings is 1. The molecule has 3 aromatic rings. The van der Waals surface area contributed by atoms with E-state index in [1.165, 1.54) is 0 Å². The molecule has 2 heterocycles. The fourth-order valence-corrected chi connectivity index (χ4v) is 3.79. The third-order valence-corrected chi connectivity index (χ3v) is 5.28. The summed E-state index contributed by atoms with van der Waals surface area (Å²) in [7, 11) is 0. The van der Waals surface area contributed by atoms with Gasteiger partial charge in [-0.1, -0.05) is 25.1 Å². The molecule has 6 heteroatoms. The first-order valence-electron chi connectivity index (χ1n) is 8.96. The molecule has 0 spiro atoms. The molecule has 27 heavy (non-hydrogen) atoms. The number of rotatable bonds is 6.